The molecule has 0 unspecified atom stereocenters. The molecule has 1 aliphatic rings. The summed E-state index contributed by atoms with van der Waals surface area (Å²) >= 11 is 0. The van der Waals surface area contributed by atoms with E-state index in [9.17, 15) is 0 Å². The first-order chi connectivity index (χ1) is 9.72. The van der Waals surface area contributed by atoms with Crippen LogP contribution in [0.15, 0.2) is 36.5 Å². The van der Waals surface area contributed by atoms with Crippen LogP contribution >= 0.6 is 0 Å². The summed E-state index contributed by atoms with van der Waals surface area (Å²) in [6, 6.07) is 10.9. The summed E-state index contributed by atoms with van der Waals surface area (Å²) in [7, 11) is 0. The van der Waals surface area contributed by atoms with Crippen LogP contribution in [0.2, 0.25) is 0 Å². The number of hydrogen-bond donors (Lipinski definition) is 1. The molecule has 1 saturated carbocycles. The first-order valence-corrected chi connectivity index (χ1v) is 6.93. The number of imidazole rings is 1. The zero-order valence-electron chi connectivity index (χ0n) is 11.4. The van der Waals surface area contributed by atoms with E-state index in [1.807, 2.05) is 12.1 Å². The second-order valence-electron chi connectivity index (χ2n) is 5.50. The number of aryl methyl sites for hydroxylation is 1. The first-order valence-electron chi connectivity index (χ1n) is 6.93. The number of rotatable bonds is 2. The normalized spacial score (nSPS) is 14.8. The topological polar surface area (TPSA) is 56.7 Å². The summed E-state index contributed by atoms with van der Waals surface area (Å²) in [6.45, 7) is 2.10. The van der Waals surface area contributed by atoms with Gasteiger partial charge < -0.3 is 10.3 Å². The fourth-order valence-electron chi connectivity index (χ4n) is 2.70. The minimum absolute atomic E-state index is 0.535. The lowest BCUT2D eigenvalue weighted by Crippen LogP contribution is -1.98. The van der Waals surface area contributed by atoms with E-state index in [2.05, 4.69) is 34.7 Å². The minimum Gasteiger partial charge on any atom is -0.384 e. The molecular formula is C16H16N4. The predicted octanol–water partition coefficient (Wildman–Crippen LogP) is 3.32. The Bertz CT molecular complexity index is 799. The predicted molar refractivity (Wildman–Crippen MR) is 80.4 cm³/mol. The smallest absolute Gasteiger partial charge is 0.141 e. The van der Waals surface area contributed by atoms with Crippen molar-refractivity contribution in [1.29, 1.82) is 0 Å². The maximum atomic E-state index is 5.81. The number of aromatic nitrogens is 3. The van der Waals surface area contributed by atoms with Crippen LogP contribution in [0.4, 0.5) is 5.82 Å². The zero-order valence-corrected chi connectivity index (χ0v) is 11.4. The van der Waals surface area contributed by atoms with Crippen molar-refractivity contribution in [2.45, 2.75) is 25.8 Å². The van der Waals surface area contributed by atoms with Crippen LogP contribution in [0.25, 0.3) is 22.4 Å². The average Bonchev–Trinajstić information content (AvgIpc) is 3.19. The van der Waals surface area contributed by atoms with Crippen molar-refractivity contribution in [2.24, 2.45) is 0 Å². The molecule has 0 atom stereocenters. The maximum Gasteiger partial charge on any atom is 0.141 e. The summed E-state index contributed by atoms with van der Waals surface area (Å²) in [5, 5.41) is 0. The number of nitrogens with zero attached hydrogens (tertiary/aromatic N) is 3. The zero-order chi connectivity index (χ0) is 13.7. The van der Waals surface area contributed by atoms with Crippen LogP contribution in [0.5, 0.6) is 0 Å². The van der Waals surface area contributed by atoms with Crippen LogP contribution < -0.4 is 5.73 Å². The van der Waals surface area contributed by atoms with Crippen molar-refractivity contribution in [1.82, 2.24) is 14.5 Å². The van der Waals surface area contributed by atoms with E-state index in [0.717, 1.165) is 16.9 Å². The highest BCUT2D eigenvalue weighted by atomic mass is 15.1. The van der Waals surface area contributed by atoms with E-state index in [1.165, 1.54) is 23.9 Å². The Hall–Kier alpha value is -2.36. The Labute approximate surface area is 117 Å². The molecule has 0 spiro atoms. The summed E-state index contributed by atoms with van der Waals surface area (Å²) in [5.74, 6) is 1.54. The molecule has 2 aromatic heterocycles. The molecule has 1 aromatic carbocycles. The van der Waals surface area contributed by atoms with E-state index in [0.29, 0.717) is 11.9 Å². The number of pyridine rings is 1. The van der Waals surface area contributed by atoms with E-state index < -0.39 is 0 Å². The monoisotopic (exact) mass is 264 g/mol. The second kappa shape index (κ2) is 4.07. The molecule has 0 amide bonds. The molecule has 100 valence electrons. The van der Waals surface area contributed by atoms with Crippen molar-refractivity contribution < 1.29 is 0 Å². The lowest BCUT2D eigenvalue weighted by atomic mass is 10.2. The molecule has 20 heavy (non-hydrogen) atoms. The Morgan fingerprint density at radius 3 is 2.80 bits per heavy atom. The highest BCUT2D eigenvalue weighted by molar-refractivity contribution is 5.82. The lowest BCUT2D eigenvalue weighted by molar-refractivity contribution is 0.775. The number of nitrogens with two attached hydrogens (primary N) is 1. The Morgan fingerprint density at radius 2 is 2.05 bits per heavy atom. The van der Waals surface area contributed by atoms with Crippen molar-refractivity contribution in [2.75, 3.05) is 5.73 Å². The molecule has 2 N–H and O–H groups in total. The molecule has 4 rings (SSSR count). The molecule has 0 radical (unpaired) electrons. The molecule has 0 bridgehead atoms. The third-order valence-corrected chi connectivity index (χ3v) is 3.80. The third kappa shape index (κ3) is 1.76. The third-order valence-electron chi connectivity index (χ3n) is 3.80. The van der Waals surface area contributed by atoms with Crippen molar-refractivity contribution in [3.63, 3.8) is 0 Å². The van der Waals surface area contributed by atoms with Crippen LogP contribution in [0.3, 0.4) is 0 Å². The number of nitrogen functional groups attached to an aromatic ring is 1. The summed E-state index contributed by atoms with van der Waals surface area (Å²) < 4.78 is 2.35. The van der Waals surface area contributed by atoms with Gasteiger partial charge in [-0.2, -0.15) is 0 Å². The van der Waals surface area contributed by atoms with E-state index in [-0.39, 0.29) is 0 Å². The number of fused-ring (bicyclic) bond motifs is 1. The summed E-state index contributed by atoms with van der Waals surface area (Å²) in [4.78, 5) is 8.89. The van der Waals surface area contributed by atoms with Gasteiger partial charge >= 0.3 is 0 Å². The Balaban J connectivity index is 2.00. The molecular weight excluding hydrogens is 248 g/mol. The first kappa shape index (κ1) is 11.5. The minimum atomic E-state index is 0.535. The number of hydrogen-bond acceptors (Lipinski definition) is 3. The summed E-state index contributed by atoms with van der Waals surface area (Å²) in [6.07, 6.45) is 4.20. The second-order valence-corrected chi connectivity index (χ2v) is 5.50. The molecule has 1 fully saturated rings. The number of benzene rings is 1. The molecule has 1 aliphatic carbocycles. The molecule has 4 heteroatoms. The van der Waals surface area contributed by atoms with Gasteiger partial charge in [-0.05, 0) is 49.6 Å². The lowest BCUT2D eigenvalue weighted by Gasteiger charge is -2.08. The SMILES string of the molecule is Cc1ccc2c(c1)nc(-c1ccnc(N)c1)n2C1CC1. The van der Waals surface area contributed by atoms with E-state index in [1.54, 1.807) is 6.20 Å². The van der Waals surface area contributed by atoms with Gasteiger partial charge in [-0.1, -0.05) is 6.07 Å². The van der Waals surface area contributed by atoms with Gasteiger partial charge in [0, 0.05) is 17.8 Å². The van der Waals surface area contributed by atoms with Crippen molar-refractivity contribution >= 4 is 16.9 Å². The molecule has 2 heterocycles. The van der Waals surface area contributed by atoms with Gasteiger partial charge in [0.1, 0.15) is 11.6 Å². The molecule has 0 aliphatic heterocycles. The van der Waals surface area contributed by atoms with Gasteiger partial charge in [0.15, 0.2) is 0 Å². The maximum absolute atomic E-state index is 5.81. The highest BCUT2D eigenvalue weighted by Gasteiger charge is 2.28. The van der Waals surface area contributed by atoms with Gasteiger partial charge in [0.25, 0.3) is 0 Å². The largest absolute Gasteiger partial charge is 0.384 e. The van der Waals surface area contributed by atoms with Crippen LogP contribution in [0, 0.1) is 6.92 Å². The van der Waals surface area contributed by atoms with Crippen LogP contribution in [0.1, 0.15) is 24.4 Å². The Morgan fingerprint density at radius 1 is 1.20 bits per heavy atom. The number of anilines is 1. The van der Waals surface area contributed by atoms with Crippen LogP contribution in [-0.4, -0.2) is 14.5 Å². The highest BCUT2D eigenvalue weighted by Crippen LogP contribution is 2.41. The molecule has 0 saturated heterocycles. The quantitative estimate of drug-likeness (QED) is 0.772. The average molecular weight is 264 g/mol. The van der Waals surface area contributed by atoms with E-state index >= 15 is 0 Å². The van der Waals surface area contributed by atoms with E-state index in [4.69, 9.17) is 10.7 Å². The van der Waals surface area contributed by atoms with Gasteiger partial charge in [0.2, 0.25) is 0 Å². The van der Waals surface area contributed by atoms with Gasteiger partial charge in [-0.15, -0.1) is 0 Å². The van der Waals surface area contributed by atoms with Crippen molar-refractivity contribution in [3.05, 3.63) is 42.1 Å². The van der Waals surface area contributed by atoms with Gasteiger partial charge in [-0.25, -0.2) is 9.97 Å². The van der Waals surface area contributed by atoms with Gasteiger partial charge in [0.05, 0.1) is 11.0 Å². The summed E-state index contributed by atoms with van der Waals surface area (Å²) in [5.41, 5.74) is 10.4. The van der Waals surface area contributed by atoms with Gasteiger partial charge in [-0.3, -0.25) is 0 Å². The van der Waals surface area contributed by atoms with Crippen LogP contribution in [-0.2, 0) is 0 Å². The van der Waals surface area contributed by atoms with Crippen molar-refractivity contribution in [3.8, 4) is 11.4 Å². The molecule has 3 aromatic rings. The molecule has 4 nitrogen and oxygen atoms in total. The standard InChI is InChI=1S/C16H16N4/c1-10-2-5-14-13(8-10)19-16(20(14)12-3-4-12)11-6-7-18-15(17)9-11/h2,5-9,12H,3-4H2,1H3,(H2,17,18). The fraction of sp³-hybridized carbons (Fsp3) is 0.250. The Kier molecular flexibility index (Phi) is 2.33. The fourth-order valence-corrected chi connectivity index (χ4v) is 2.70.